The van der Waals surface area contributed by atoms with E-state index < -0.39 is 53.3 Å². The van der Waals surface area contributed by atoms with Crippen LogP contribution in [0.4, 0.5) is 9.52 Å². The number of nitrogen functional groups attached to an aromatic ring is 2. The van der Waals surface area contributed by atoms with Gasteiger partial charge in [-0.1, -0.05) is 17.3 Å². The van der Waals surface area contributed by atoms with Crippen molar-refractivity contribution in [1.29, 1.82) is 5.41 Å². The zero-order valence-electron chi connectivity index (χ0n) is 24.5. The molecule has 1 aromatic carbocycles. The number of hydrogen-bond donors (Lipinski definition) is 5. The molecule has 2 amide bonds. The van der Waals surface area contributed by atoms with Crippen molar-refractivity contribution < 1.29 is 43.2 Å². The number of β-lactam (4-membered cyclic amide) rings is 1. The number of carbonyl (C=O) groups excluding carboxylic acids is 3. The number of carbonyl (C=O) groups is 4. The fraction of sp³-hybridized carbons (Fsp3) is 0.214. The Morgan fingerprint density at radius 3 is 2.75 bits per heavy atom. The molecular formula is C28H25FN10O7S2. The van der Waals surface area contributed by atoms with Crippen molar-refractivity contribution in [2.75, 3.05) is 18.1 Å². The molecule has 3 aromatic heterocycles. The van der Waals surface area contributed by atoms with Crippen LogP contribution in [0.2, 0.25) is 0 Å². The van der Waals surface area contributed by atoms with Gasteiger partial charge in [0.25, 0.3) is 11.8 Å². The van der Waals surface area contributed by atoms with Crippen LogP contribution in [0.15, 0.2) is 64.7 Å². The number of carboxylic acid groups (broad SMARTS) is 2. The monoisotopic (exact) mass is 696 g/mol. The SMILES string of the molecule is N=C(N)c1ccc(C[n+]2ccn3c2ccn3CC2=C(C(=O)[O-])N3C(=O)[C@@H](NC(=O)/C(=N\OCC(=O)O)c4csc(N)n4)[C@H]3SC2)c(F)c1. The average Bonchev–Trinajstić information content (AvgIpc) is 3.76. The molecule has 6 rings (SSSR count). The molecule has 0 unspecified atom stereocenters. The Balaban J connectivity index is 1.19. The van der Waals surface area contributed by atoms with Crippen molar-refractivity contribution >= 4 is 69.2 Å². The smallest absolute Gasteiger partial charge is 0.344 e. The molecule has 1 saturated heterocycles. The highest BCUT2D eigenvalue weighted by atomic mass is 32.2. The number of halogens is 1. The molecule has 0 bridgehead atoms. The van der Waals surface area contributed by atoms with E-state index in [2.05, 4.69) is 15.5 Å². The third kappa shape index (κ3) is 6.05. The number of imidazole rings is 1. The first-order valence-corrected chi connectivity index (χ1v) is 15.9. The Morgan fingerprint density at radius 1 is 1.29 bits per heavy atom. The van der Waals surface area contributed by atoms with Gasteiger partial charge in [-0.05, 0) is 11.6 Å². The summed E-state index contributed by atoms with van der Waals surface area (Å²) in [5, 5.41) is 35.5. The van der Waals surface area contributed by atoms with E-state index in [9.17, 15) is 28.7 Å². The summed E-state index contributed by atoms with van der Waals surface area (Å²) in [6.45, 7) is -0.579. The zero-order chi connectivity index (χ0) is 34.3. The molecule has 17 nitrogen and oxygen atoms in total. The van der Waals surface area contributed by atoms with Gasteiger partial charge in [0.1, 0.15) is 41.5 Å². The van der Waals surface area contributed by atoms with E-state index in [0.717, 1.165) is 16.2 Å². The molecule has 248 valence electrons. The molecule has 0 spiro atoms. The van der Waals surface area contributed by atoms with Crippen molar-refractivity contribution in [3.8, 4) is 0 Å². The second kappa shape index (κ2) is 12.8. The maximum absolute atomic E-state index is 14.7. The summed E-state index contributed by atoms with van der Waals surface area (Å²) in [5.41, 5.74) is 12.1. The number of anilines is 1. The standard InChI is InChI=1S/C28H25FN10O7S2/c29-16-7-13(23(30)31)1-2-14(16)8-36-5-6-38-18(36)3-4-37(38)9-15-11-47-26-21(25(43)39(26)22(15)27(44)45)34-24(42)20(35-46-10-19(40)41)17-12-48-28(32)33-17/h1-7,12,21,26H,8-11H2,(H7-,30,31,32,33,34,40,41,42,44,45)/b35-20-/t21-,26-/m1/s1. The number of amidine groups is 1. The number of amides is 2. The normalized spacial score (nSPS) is 17.6. The molecule has 0 saturated carbocycles. The van der Waals surface area contributed by atoms with E-state index in [1.165, 1.54) is 23.2 Å². The number of hydrogen-bond acceptors (Lipinski definition) is 12. The van der Waals surface area contributed by atoms with Gasteiger partial charge in [-0.15, -0.1) is 27.6 Å². The number of thiazole rings is 1. The van der Waals surface area contributed by atoms with Crippen LogP contribution >= 0.6 is 23.1 Å². The predicted molar refractivity (Wildman–Crippen MR) is 166 cm³/mol. The molecule has 4 aromatic rings. The van der Waals surface area contributed by atoms with Gasteiger partial charge in [-0.25, -0.2) is 23.4 Å². The van der Waals surface area contributed by atoms with E-state index in [-0.39, 0.29) is 46.8 Å². The fourth-order valence-corrected chi connectivity index (χ4v) is 7.17. The summed E-state index contributed by atoms with van der Waals surface area (Å²) in [5.74, 6) is -5.06. The molecule has 7 N–H and O–H groups in total. The Bertz CT molecular complexity index is 2070. The number of nitrogens with two attached hydrogens (primary N) is 2. The predicted octanol–water partition coefficient (Wildman–Crippen LogP) is -1.55. The quantitative estimate of drug-likeness (QED) is 0.0373. The third-order valence-corrected chi connectivity index (χ3v) is 9.51. The number of nitrogens with zero attached hydrogens (tertiary/aromatic N) is 6. The first-order valence-electron chi connectivity index (χ1n) is 13.9. The van der Waals surface area contributed by atoms with Crippen LogP contribution in [0.5, 0.6) is 0 Å². The van der Waals surface area contributed by atoms with E-state index >= 15 is 0 Å². The van der Waals surface area contributed by atoms with Crippen molar-refractivity contribution in [3.63, 3.8) is 0 Å². The Morgan fingerprint density at radius 2 is 2.08 bits per heavy atom. The van der Waals surface area contributed by atoms with Crippen LogP contribution in [0.25, 0.3) is 5.65 Å². The minimum Gasteiger partial charge on any atom is -0.543 e. The highest BCUT2D eigenvalue weighted by molar-refractivity contribution is 8.00. The summed E-state index contributed by atoms with van der Waals surface area (Å²) in [6, 6.07) is 4.96. The number of carboxylic acids is 2. The Hall–Kier alpha value is -5.76. The lowest BCUT2D eigenvalue weighted by Gasteiger charge is -2.50. The summed E-state index contributed by atoms with van der Waals surface area (Å²) in [4.78, 5) is 59.4. The molecular weight excluding hydrogens is 672 g/mol. The Labute approximate surface area is 277 Å². The summed E-state index contributed by atoms with van der Waals surface area (Å²) < 4.78 is 20.0. The van der Waals surface area contributed by atoms with Crippen LogP contribution in [-0.2, 0) is 37.1 Å². The summed E-state index contributed by atoms with van der Waals surface area (Å²) in [7, 11) is 0. The lowest BCUT2D eigenvalue weighted by molar-refractivity contribution is -0.662. The number of rotatable bonds is 12. The second-order valence-electron chi connectivity index (χ2n) is 10.5. The van der Waals surface area contributed by atoms with Crippen molar-refractivity contribution in [1.82, 2.24) is 24.4 Å². The molecule has 48 heavy (non-hydrogen) atoms. The summed E-state index contributed by atoms with van der Waals surface area (Å²) >= 11 is 2.24. The van der Waals surface area contributed by atoms with Gasteiger partial charge in [0.15, 0.2) is 17.0 Å². The molecule has 20 heteroatoms. The van der Waals surface area contributed by atoms with Crippen molar-refractivity contribution in [3.05, 3.63) is 82.1 Å². The first-order chi connectivity index (χ1) is 22.9. The largest absolute Gasteiger partial charge is 0.543 e. The maximum Gasteiger partial charge on any atom is 0.344 e. The van der Waals surface area contributed by atoms with E-state index in [1.54, 1.807) is 50.6 Å². The number of benzene rings is 1. The zero-order valence-corrected chi connectivity index (χ0v) is 26.2. The van der Waals surface area contributed by atoms with Gasteiger partial charge >= 0.3 is 11.6 Å². The number of aliphatic carboxylic acids is 2. The minimum atomic E-state index is -1.56. The number of thioether (sulfide) groups is 1. The van der Waals surface area contributed by atoms with Crippen molar-refractivity contribution in [2.45, 2.75) is 24.5 Å². The molecule has 1 fully saturated rings. The molecule has 2 aliphatic rings. The van der Waals surface area contributed by atoms with Crippen LogP contribution < -0.4 is 26.5 Å². The molecule has 0 aliphatic carbocycles. The number of fused-ring (bicyclic) bond motifs is 2. The van der Waals surface area contributed by atoms with Gasteiger partial charge in [0, 0.05) is 22.3 Å². The van der Waals surface area contributed by atoms with E-state index in [0.29, 0.717) is 16.8 Å². The first kappa shape index (κ1) is 32.2. The lowest BCUT2D eigenvalue weighted by atomic mass is 10.0. The second-order valence-corrected chi connectivity index (χ2v) is 12.5. The summed E-state index contributed by atoms with van der Waals surface area (Å²) in [6.07, 6.45) is 5.18. The van der Waals surface area contributed by atoms with Crippen molar-refractivity contribution in [2.24, 2.45) is 10.9 Å². The van der Waals surface area contributed by atoms with Gasteiger partial charge in [-0.3, -0.25) is 19.9 Å². The van der Waals surface area contributed by atoms with Crippen LogP contribution in [0, 0.1) is 11.2 Å². The number of nitrogens with one attached hydrogen (secondary N) is 2. The lowest BCUT2D eigenvalue weighted by Crippen LogP contribution is -2.71. The molecule has 0 radical (unpaired) electrons. The third-order valence-electron chi connectivity index (χ3n) is 7.50. The molecule has 2 aliphatic heterocycles. The van der Waals surface area contributed by atoms with Crippen LogP contribution in [0.1, 0.15) is 16.8 Å². The topological polar surface area (TPSA) is 250 Å². The van der Waals surface area contributed by atoms with Crippen LogP contribution in [0.3, 0.4) is 0 Å². The highest BCUT2D eigenvalue weighted by Gasteiger charge is 2.53. The van der Waals surface area contributed by atoms with Crippen LogP contribution in [-0.4, -0.2) is 83.3 Å². The highest BCUT2D eigenvalue weighted by Crippen LogP contribution is 2.40. The van der Waals surface area contributed by atoms with Gasteiger partial charge in [-0.2, -0.15) is 0 Å². The van der Waals surface area contributed by atoms with Gasteiger partial charge in [0.2, 0.25) is 6.61 Å². The number of aromatic nitrogens is 4. The number of oxime groups is 1. The average molecular weight is 697 g/mol. The van der Waals surface area contributed by atoms with Gasteiger partial charge < -0.3 is 36.6 Å². The van der Waals surface area contributed by atoms with E-state index in [4.69, 9.17) is 26.8 Å². The van der Waals surface area contributed by atoms with E-state index in [1.807, 2.05) is 0 Å². The van der Waals surface area contributed by atoms with Gasteiger partial charge in [0.05, 0.1) is 30.5 Å². The Kier molecular flexibility index (Phi) is 8.58. The molecule has 2 atom stereocenters. The molecule has 5 heterocycles. The minimum absolute atomic E-state index is 0.00156. The maximum atomic E-state index is 14.7. The fourth-order valence-electron chi connectivity index (χ4n) is 5.28.